The second kappa shape index (κ2) is 4.52. The number of nitrogens with one attached hydrogen (secondary N) is 1. The molecule has 0 aromatic rings. The maximum absolute atomic E-state index is 12.1. The molecule has 3 unspecified atom stereocenters. The van der Waals surface area contributed by atoms with Crippen molar-refractivity contribution in [2.75, 3.05) is 0 Å². The SMILES string of the molecule is CC(C)(O)C(C)(C)NC(=O)CC1CC2CCC1C2. The maximum atomic E-state index is 12.1. The van der Waals surface area contributed by atoms with Gasteiger partial charge in [0.2, 0.25) is 5.91 Å². The van der Waals surface area contributed by atoms with Gasteiger partial charge in [-0.2, -0.15) is 0 Å². The molecule has 2 saturated carbocycles. The first-order chi connectivity index (χ1) is 8.19. The van der Waals surface area contributed by atoms with Gasteiger partial charge in [-0.3, -0.25) is 4.79 Å². The molecular weight excluding hydrogens is 226 g/mol. The molecule has 2 rings (SSSR count). The van der Waals surface area contributed by atoms with Gasteiger partial charge < -0.3 is 10.4 Å². The van der Waals surface area contributed by atoms with E-state index in [0.717, 1.165) is 11.8 Å². The summed E-state index contributed by atoms with van der Waals surface area (Å²) in [5.41, 5.74) is -1.49. The lowest BCUT2D eigenvalue weighted by atomic mass is 9.84. The normalized spacial score (nSPS) is 31.7. The summed E-state index contributed by atoms with van der Waals surface area (Å²) >= 11 is 0. The third kappa shape index (κ3) is 2.71. The Labute approximate surface area is 110 Å². The van der Waals surface area contributed by atoms with Gasteiger partial charge in [0, 0.05) is 6.42 Å². The predicted molar refractivity (Wildman–Crippen MR) is 72.1 cm³/mol. The van der Waals surface area contributed by atoms with Crippen LogP contribution in [0.5, 0.6) is 0 Å². The number of hydrogen-bond donors (Lipinski definition) is 2. The van der Waals surface area contributed by atoms with Crippen LogP contribution in [0.25, 0.3) is 0 Å². The molecule has 0 aliphatic heterocycles. The fourth-order valence-electron chi connectivity index (χ4n) is 3.42. The van der Waals surface area contributed by atoms with Crippen LogP contribution in [0.3, 0.4) is 0 Å². The standard InChI is InChI=1S/C15H27NO2/c1-14(2,15(3,4)18)16-13(17)9-12-8-10-5-6-11(12)7-10/h10-12,18H,5-9H2,1-4H3,(H,16,17). The highest BCUT2D eigenvalue weighted by atomic mass is 16.3. The summed E-state index contributed by atoms with van der Waals surface area (Å²) in [4.78, 5) is 12.1. The Balaban J connectivity index is 1.86. The Bertz CT molecular complexity index is 330. The molecule has 3 atom stereocenters. The highest BCUT2D eigenvalue weighted by Gasteiger charge is 2.41. The van der Waals surface area contributed by atoms with Gasteiger partial charge in [-0.1, -0.05) is 6.42 Å². The lowest BCUT2D eigenvalue weighted by Crippen LogP contribution is -2.57. The van der Waals surface area contributed by atoms with E-state index in [4.69, 9.17) is 0 Å². The number of carbonyl (C=O) groups excluding carboxylic acids is 1. The first-order valence-electron chi connectivity index (χ1n) is 7.22. The fraction of sp³-hybridized carbons (Fsp3) is 0.933. The molecule has 3 heteroatoms. The van der Waals surface area contributed by atoms with Crippen LogP contribution in [-0.2, 0) is 4.79 Å². The molecule has 2 aliphatic rings. The van der Waals surface area contributed by atoms with E-state index in [1.165, 1.54) is 25.7 Å². The molecule has 104 valence electrons. The summed E-state index contributed by atoms with van der Waals surface area (Å²) in [6.07, 6.45) is 5.91. The van der Waals surface area contributed by atoms with E-state index in [-0.39, 0.29) is 5.91 Å². The molecule has 0 saturated heterocycles. The van der Waals surface area contributed by atoms with E-state index in [2.05, 4.69) is 5.32 Å². The fourth-order valence-corrected chi connectivity index (χ4v) is 3.42. The predicted octanol–water partition coefficient (Wildman–Crippen LogP) is 2.48. The van der Waals surface area contributed by atoms with Crippen LogP contribution in [0.1, 0.15) is 59.8 Å². The van der Waals surface area contributed by atoms with Gasteiger partial charge in [-0.05, 0) is 64.7 Å². The Morgan fingerprint density at radius 1 is 1.22 bits per heavy atom. The van der Waals surface area contributed by atoms with Crippen molar-refractivity contribution in [3.63, 3.8) is 0 Å². The van der Waals surface area contributed by atoms with Crippen LogP contribution in [0.15, 0.2) is 0 Å². The Morgan fingerprint density at radius 2 is 1.89 bits per heavy atom. The second-order valence-corrected chi connectivity index (χ2v) is 7.37. The van der Waals surface area contributed by atoms with Crippen molar-refractivity contribution in [1.82, 2.24) is 5.32 Å². The van der Waals surface area contributed by atoms with E-state index < -0.39 is 11.1 Å². The van der Waals surface area contributed by atoms with Crippen LogP contribution in [0.2, 0.25) is 0 Å². The number of amides is 1. The molecule has 0 aromatic carbocycles. The lowest BCUT2D eigenvalue weighted by Gasteiger charge is -2.38. The van der Waals surface area contributed by atoms with Gasteiger partial charge in [-0.25, -0.2) is 0 Å². The number of carbonyl (C=O) groups is 1. The molecule has 2 bridgehead atoms. The Hall–Kier alpha value is -0.570. The lowest BCUT2D eigenvalue weighted by molar-refractivity contribution is -0.127. The first kappa shape index (κ1) is 13.9. The average Bonchev–Trinajstić information content (AvgIpc) is 2.75. The third-order valence-electron chi connectivity index (χ3n) is 5.31. The quantitative estimate of drug-likeness (QED) is 0.808. The number of aliphatic hydroxyl groups is 1. The van der Waals surface area contributed by atoms with Crippen molar-refractivity contribution in [2.24, 2.45) is 17.8 Å². The van der Waals surface area contributed by atoms with Crippen LogP contribution in [0.4, 0.5) is 0 Å². The van der Waals surface area contributed by atoms with E-state index in [9.17, 15) is 9.90 Å². The van der Waals surface area contributed by atoms with E-state index >= 15 is 0 Å². The van der Waals surface area contributed by atoms with Crippen LogP contribution in [-0.4, -0.2) is 22.2 Å². The van der Waals surface area contributed by atoms with Crippen LogP contribution < -0.4 is 5.32 Å². The van der Waals surface area contributed by atoms with Gasteiger partial charge in [0.25, 0.3) is 0 Å². The van der Waals surface area contributed by atoms with E-state index in [0.29, 0.717) is 12.3 Å². The van der Waals surface area contributed by atoms with Gasteiger partial charge in [-0.15, -0.1) is 0 Å². The molecule has 2 aliphatic carbocycles. The van der Waals surface area contributed by atoms with E-state index in [1.54, 1.807) is 13.8 Å². The third-order valence-corrected chi connectivity index (χ3v) is 5.31. The minimum absolute atomic E-state index is 0.0969. The van der Waals surface area contributed by atoms with Crippen LogP contribution >= 0.6 is 0 Å². The smallest absolute Gasteiger partial charge is 0.220 e. The van der Waals surface area contributed by atoms with Crippen LogP contribution in [0, 0.1) is 17.8 Å². The van der Waals surface area contributed by atoms with Crippen molar-refractivity contribution in [1.29, 1.82) is 0 Å². The minimum atomic E-state index is -0.905. The maximum Gasteiger partial charge on any atom is 0.220 e. The largest absolute Gasteiger partial charge is 0.388 e. The second-order valence-electron chi connectivity index (χ2n) is 7.37. The van der Waals surface area contributed by atoms with Crippen molar-refractivity contribution < 1.29 is 9.90 Å². The molecule has 1 amide bonds. The Morgan fingerprint density at radius 3 is 2.33 bits per heavy atom. The average molecular weight is 253 g/mol. The summed E-state index contributed by atoms with van der Waals surface area (Å²) in [6.45, 7) is 7.24. The topological polar surface area (TPSA) is 49.3 Å². The number of rotatable bonds is 4. The summed E-state index contributed by atoms with van der Waals surface area (Å²) in [6, 6.07) is 0. The van der Waals surface area contributed by atoms with Gasteiger partial charge >= 0.3 is 0 Å². The molecule has 2 fully saturated rings. The van der Waals surface area contributed by atoms with Gasteiger partial charge in [0.15, 0.2) is 0 Å². The molecule has 0 aromatic heterocycles. The van der Waals surface area contributed by atoms with Crippen molar-refractivity contribution in [3.8, 4) is 0 Å². The monoisotopic (exact) mass is 253 g/mol. The zero-order valence-corrected chi connectivity index (χ0v) is 12.1. The molecule has 0 heterocycles. The molecule has 0 spiro atoms. The minimum Gasteiger partial charge on any atom is -0.388 e. The zero-order chi connectivity index (χ0) is 13.6. The molecule has 18 heavy (non-hydrogen) atoms. The van der Waals surface area contributed by atoms with Gasteiger partial charge in [0.05, 0.1) is 11.1 Å². The highest BCUT2D eigenvalue weighted by molar-refractivity contribution is 5.77. The first-order valence-corrected chi connectivity index (χ1v) is 7.22. The number of hydrogen-bond acceptors (Lipinski definition) is 2. The zero-order valence-electron chi connectivity index (χ0n) is 12.1. The Kier molecular flexibility index (Phi) is 3.48. The van der Waals surface area contributed by atoms with Gasteiger partial charge in [0.1, 0.15) is 0 Å². The highest BCUT2D eigenvalue weighted by Crippen LogP contribution is 2.49. The van der Waals surface area contributed by atoms with Crippen molar-refractivity contribution >= 4 is 5.91 Å². The summed E-state index contributed by atoms with van der Waals surface area (Å²) < 4.78 is 0. The molecule has 3 nitrogen and oxygen atoms in total. The summed E-state index contributed by atoms with van der Waals surface area (Å²) in [5.74, 6) is 2.35. The summed E-state index contributed by atoms with van der Waals surface area (Å²) in [7, 11) is 0. The number of fused-ring (bicyclic) bond motifs is 2. The summed E-state index contributed by atoms with van der Waals surface area (Å²) in [5, 5.41) is 13.0. The van der Waals surface area contributed by atoms with Crippen molar-refractivity contribution in [3.05, 3.63) is 0 Å². The molecule has 0 radical (unpaired) electrons. The molecular formula is C15H27NO2. The molecule has 2 N–H and O–H groups in total. The van der Waals surface area contributed by atoms with Crippen molar-refractivity contribution in [2.45, 2.75) is 70.9 Å². The van der Waals surface area contributed by atoms with E-state index in [1.807, 2.05) is 13.8 Å².